The average Bonchev–Trinajstić information content (AvgIpc) is 2.19. The third kappa shape index (κ3) is 4.92. The minimum absolute atomic E-state index is 0.782. The first kappa shape index (κ1) is 10.6. The summed E-state index contributed by atoms with van der Waals surface area (Å²) in [5, 5.41) is 2.67. The molecule has 70 valence electrons. The summed E-state index contributed by atoms with van der Waals surface area (Å²) >= 11 is 0.782. The molecular weight excluding hydrogens is 223 g/mol. The van der Waals surface area contributed by atoms with Gasteiger partial charge >= 0.3 is 87.0 Å². The number of unbranched alkanes of at least 4 members (excludes halogenated alkanes) is 1. The van der Waals surface area contributed by atoms with E-state index in [1.54, 1.807) is 0 Å². The van der Waals surface area contributed by atoms with E-state index >= 15 is 0 Å². The Balaban J connectivity index is 2.10. The van der Waals surface area contributed by atoms with Gasteiger partial charge in [-0.25, -0.2) is 0 Å². The van der Waals surface area contributed by atoms with Gasteiger partial charge in [0.25, 0.3) is 0 Å². The van der Waals surface area contributed by atoms with Crippen LogP contribution in [0.1, 0.15) is 18.4 Å². The summed E-state index contributed by atoms with van der Waals surface area (Å²) in [7, 11) is 0. The van der Waals surface area contributed by atoms with Gasteiger partial charge in [-0.1, -0.05) is 0 Å². The Morgan fingerprint density at radius 1 is 1.23 bits per heavy atom. The van der Waals surface area contributed by atoms with Gasteiger partial charge in [0, 0.05) is 0 Å². The molecule has 0 aromatic heterocycles. The zero-order chi connectivity index (χ0) is 9.36. The Kier molecular flexibility index (Phi) is 5.64. The summed E-state index contributed by atoms with van der Waals surface area (Å²) in [6.07, 6.45) is 4.51. The molecule has 0 saturated heterocycles. The van der Waals surface area contributed by atoms with Gasteiger partial charge < -0.3 is 0 Å². The van der Waals surface area contributed by atoms with Gasteiger partial charge in [-0.05, 0) is 0 Å². The molecule has 1 rings (SSSR count). The molecule has 0 saturated carbocycles. The van der Waals surface area contributed by atoms with Crippen molar-refractivity contribution in [3.63, 3.8) is 0 Å². The Labute approximate surface area is 87.2 Å². The zero-order valence-corrected chi connectivity index (χ0v) is 9.62. The van der Waals surface area contributed by atoms with Crippen LogP contribution in [0.25, 0.3) is 0 Å². The molecule has 0 aliphatic heterocycles. The van der Waals surface area contributed by atoms with Gasteiger partial charge in [0.05, 0.1) is 0 Å². The van der Waals surface area contributed by atoms with Crippen LogP contribution in [-0.4, -0.2) is 15.0 Å². The van der Waals surface area contributed by atoms with Crippen LogP contribution in [0.4, 0.5) is 0 Å². The van der Waals surface area contributed by atoms with Crippen LogP contribution < -0.4 is 0 Å². The molecule has 1 heteroatoms. The normalized spacial score (nSPS) is 9.85. The molecule has 0 spiro atoms. The maximum atomic E-state index is 3.72. The first-order chi connectivity index (χ1) is 6.43. The molecule has 1 aromatic rings. The van der Waals surface area contributed by atoms with E-state index in [1.165, 1.54) is 29.0 Å². The molecule has 0 aliphatic rings. The number of allylic oxidation sites excluding steroid dienone is 1. The van der Waals surface area contributed by atoms with Crippen molar-refractivity contribution in [2.75, 3.05) is 0 Å². The van der Waals surface area contributed by atoms with Gasteiger partial charge in [-0.15, -0.1) is 0 Å². The predicted molar refractivity (Wildman–Crippen MR) is 60.1 cm³/mol. The van der Waals surface area contributed by atoms with E-state index in [2.05, 4.69) is 36.9 Å². The molecule has 0 radical (unpaired) electrons. The summed E-state index contributed by atoms with van der Waals surface area (Å²) in [6, 6.07) is 10.8. The van der Waals surface area contributed by atoms with Crippen molar-refractivity contribution in [1.29, 1.82) is 0 Å². The van der Waals surface area contributed by atoms with Crippen molar-refractivity contribution in [3.8, 4) is 0 Å². The van der Waals surface area contributed by atoms with Gasteiger partial charge in [0.2, 0.25) is 0 Å². The van der Waals surface area contributed by atoms with Crippen molar-refractivity contribution >= 4 is 15.0 Å². The van der Waals surface area contributed by atoms with Gasteiger partial charge in [-0.2, -0.15) is 0 Å². The number of hydrogen-bond acceptors (Lipinski definition) is 0. The molecule has 0 heterocycles. The summed E-state index contributed by atoms with van der Waals surface area (Å²) < 4.78 is 0. The molecule has 0 fully saturated rings. The Morgan fingerprint density at radius 2 is 2.00 bits per heavy atom. The second-order valence-electron chi connectivity index (χ2n) is 2.97. The molecule has 13 heavy (non-hydrogen) atoms. The molecule has 0 aliphatic carbocycles. The van der Waals surface area contributed by atoms with Gasteiger partial charge in [0.1, 0.15) is 0 Å². The second kappa shape index (κ2) is 6.94. The fourth-order valence-corrected chi connectivity index (χ4v) is 3.07. The molecule has 0 amide bonds. The molecular formula is C12H16Se. The first-order valence-corrected chi connectivity index (χ1v) is 7.08. The van der Waals surface area contributed by atoms with E-state index < -0.39 is 0 Å². The van der Waals surface area contributed by atoms with Gasteiger partial charge in [-0.3, -0.25) is 0 Å². The number of benzene rings is 1. The topological polar surface area (TPSA) is 0 Å². The minimum atomic E-state index is 0.782. The first-order valence-electron chi connectivity index (χ1n) is 4.66. The van der Waals surface area contributed by atoms with Crippen LogP contribution in [0.3, 0.4) is 0 Å². The number of hydrogen-bond donors (Lipinski definition) is 0. The number of rotatable bonds is 6. The SMILES string of the molecule is C=CCCC[Se]Cc1ccccc1. The molecule has 0 unspecified atom stereocenters. The van der Waals surface area contributed by atoms with Crippen molar-refractivity contribution in [2.24, 2.45) is 0 Å². The van der Waals surface area contributed by atoms with E-state index in [0.29, 0.717) is 0 Å². The van der Waals surface area contributed by atoms with Crippen molar-refractivity contribution < 1.29 is 0 Å². The van der Waals surface area contributed by atoms with Crippen molar-refractivity contribution in [3.05, 3.63) is 48.6 Å². The summed E-state index contributed by atoms with van der Waals surface area (Å²) in [4.78, 5) is 0. The zero-order valence-electron chi connectivity index (χ0n) is 7.91. The van der Waals surface area contributed by atoms with Crippen LogP contribution >= 0.6 is 0 Å². The summed E-state index contributed by atoms with van der Waals surface area (Å²) in [5.74, 6) is 0. The Bertz CT molecular complexity index is 228. The molecule has 0 atom stereocenters. The van der Waals surface area contributed by atoms with E-state index in [1.807, 2.05) is 6.08 Å². The van der Waals surface area contributed by atoms with E-state index in [4.69, 9.17) is 0 Å². The molecule has 1 aromatic carbocycles. The molecule has 0 bridgehead atoms. The van der Waals surface area contributed by atoms with Crippen LogP contribution in [0, 0.1) is 0 Å². The fourth-order valence-electron chi connectivity index (χ4n) is 1.09. The van der Waals surface area contributed by atoms with E-state index in [-0.39, 0.29) is 0 Å². The molecule has 0 N–H and O–H groups in total. The van der Waals surface area contributed by atoms with Crippen LogP contribution in [0.15, 0.2) is 43.0 Å². The fraction of sp³-hybridized carbons (Fsp3) is 0.333. The van der Waals surface area contributed by atoms with Crippen molar-refractivity contribution in [1.82, 2.24) is 0 Å². The summed E-state index contributed by atoms with van der Waals surface area (Å²) in [5.41, 5.74) is 1.49. The predicted octanol–water partition coefficient (Wildman–Crippen LogP) is 3.28. The standard InChI is InChI=1S/C12H16Se/c1-2-3-7-10-13-11-12-8-5-4-6-9-12/h2,4-6,8-9H,1,3,7,10-11H2. The quantitative estimate of drug-likeness (QED) is 0.406. The monoisotopic (exact) mass is 240 g/mol. The van der Waals surface area contributed by atoms with Crippen LogP contribution in [-0.2, 0) is 5.32 Å². The Morgan fingerprint density at radius 3 is 2.69 bits per heavy atom. The Hall–Kier alpha value is -0.521. The molecule has 0 nitrogen and oxygen atoms in total. The van der Waals surface area contributed by atoms with Crippen LogP contribution in [0.5, 0.6) is 0 Å². The van der Waals surface area contributed by atoms with Crippen molar-refractivity contribution in [2.45, 2.75) is 23.5 Å². The second-order valence-corrected chi connectivity index (χ2v) is 5.29. The van der Waals surface area contributed by atoms with E-state index in [0.717, 1.165) is 15.0 Å². The van der Waals surface area contributed by atoms with Crippen LogP contribution in [0.2, 0.25) is 5.32 Å². The van der Waals surface area contributed by atoms with Gasteiger partial charge in [0.15, 0.2) is 0 Å². The maximum absolute atomic E-state index is 3.72. The average molecular weight is 239 g/mol. The third-order valence-electron chi connectivity index (χ3n) is 1.81. The van der Waals surface area contributed by atoms with E-state index in [9.17, 15) is 0 Å². The summed E-state index contributed by atoms with van der Waals surface area (Å²) in [6.45, 7) is 3.72. The third-order valence-corrected chi connectivity index (χ3v) is 4.15.